The molecule has 2 rings (SSSR count). The second kappa shape index (κ2) is 4.99. The number of imidazole rings is 1. The topological polar surface area (TPSA) is 17.8 Å². The number of hydrogen-bond acceptors (Lipinski definition) is 1. The third-order valence-electron chi connectivity index (χ3n) is 2.56. The molecule has 0 radical (unpaired) electrons. The minimum atomic E-state index is 0. The molecule has 1 heterocycles. The summed E-state index contributed by atoms with van der Waals surface area (Å²) >= 11 is 0. The first-order valence-corrected chi connectivity index (χ1v) is 4.83. The highest BCUT2D eigenvalue weighted by Gasteiger charge is 2.08. The van der Waals surface area contributed by atoms with Crippen LogP contribution in [0.15, 0.2) is 42.7 Å². The van der Waals surface area contributed by atoms with Crippen molar-refractivity contribution < 1.29 is 0 Å². The van der Waals surface area contributed by atoms with Crippen LogP contribution in [0, 0.1) is 6.92 Å². The molecule has 2 aromatic rings. The molecule has 1 aromatic heterocycles. The fourth-order valence-corrected chi connectivity index (χ4v) is 1.69. The highest BCUT2D eigenvalue weighted by atomic mass is 35.5. The molecule has 0 fully saturated rings. The van der Waals surface area contributed by atoms with Gasteiger partial charge >= 0.3 is 0 Å². The van der Waals surface area contributed by atoms with Gasteiger partial charge in [0.05, 0.1) is 6.04 Å². The SMILES string of the molecule is Cc1nccn1C(C)c1ccccc1.Cl. The molecule has 0 bridgehead atoms. The molecule has 0 saturated heterocycles. The third kappa shape index (κ3) is 2.39. The van der Waals surface area contributed by atoms with E-state index in [1.807, 2.05) is 25.4 Å². The van der Waals surface area contributed by atoms with Gasteiger partial charge in [0, 0.05) is 12.4 Å². The first-order valence-electron chi connectivity index (χ1n) is 4.83. The van der Waals surface area contributed by atoms with Gasteiger partial charge in [-0.25, -0.2) is 4.98 Å². The molecule has 1 aromatic carbocycles. The number of halogens is 1. The second-order valence-electron chi connectivity index (χ2n) is 3.47. The fourth-order valence-electron chi connectivity index (χ4n) is 1.69. The van der Waals surface area contributed by atoms with Gasteiger partial charge in [-0.05, 0) is 19.4 Å². The number of aromatic nitrogens is 2. The summed E-state index contributed by atoms with van der Waals surface area (Å²) in [5.41, 5.74) is 1.31. The standard InChI is InChI=1S/C12H14N2.ClH/c1-10(12-6-4-3-5-7-12)14-9-8-13-11(14)2;/h3-10H,1-2H3;1H. The summed E-state index contributed by atoms with van der Waals surface area (Å²) in [6.45, 7) is 4.21. The zero-order valence-electron chi connectivity index (χ0n) is 8.92. The average Bonchev–Trinajstić information content (AvgIpc) is 2.65. The summed E-state index contributed by atoms with van der Waals surface area (Å²) in [7, 11) is 0. The van der Waals surface area contributed by atoms with Gasteiger partial charge in [0.25, 0.3) is 0 Å². The van der Waals surface area contributed by atoms with Crippen molar-refractivity contribution in [3.63, 3.8) is 0 Å². The molecule has 0 N–H and O–H groups in total. The van der Waals surface area contributed by atoms with Crippen molar-refractivity contribution in [1.29, 1.82) is 0 Å². The predicted octanol–water partition coefficient (Wildman–Crippen LogP) is 3.22. The van der Waals surface area contributed by atoms with E-state index in [4.69, 9.17) is 0 Å². The molecule has 1 unspecified atom stereocenters. The largest absolute Gasteiger partial charge is 0.328 e. The van der Waals surface area contributed by atoms with Crippen molar-refractivity contribution >= 4 is 12.4 Å². The van der Waals surface area contributed by atoms with E-state index in [-0.39, 0.29) is 12.4 Å². The lowest BCUT2D eigenvalue weighted by molar-refractivity contribution is 0.619. The van der Waals surface area contributed by atoms with E-state index >= 15 is 0 Å². The maximum Gasteiger partial charge on any atom is 0.106 e. The van der Waals surface area contributed by atoms with E-state index in [1.165, 1.54) is 5.56 Å². The lowest BCUT2D eigenvalue weighted by Crippen LogP contribution is -2.07. The Morgan fingerprint density at radius 1 is 1.20 bits per heavy atom. The first-order chi connectivity index (χ1) is 6.79. The number of benzene rings is 1. The summed E-state index contributed by atoms with van der Waals surface area (Å²) < 4.78 is 2.18. The first kappa shape index (κ1) is 11.8. The van der Waals surface area contributed by atoms with Crippen LogP contribution in [0.1, 0.15) is 24.4 Å². The monoisotopic (exact) mass is 222 g/mol. The van der Waals surface area contributed by atoms with Crippen molar-refractivity contribution in [3.8, 4) is 0 Å². The minimum Gasteiger partial charge on any atom is -0.328 e. The Hall–Kier alpha value is -1.28. The Morgan fingerprint density at radius 3 is 2.40 bits per heavy atom. The molecule has 1 atom stereocenters. The smallest absolute Gasteiger partial charge is 0.106 e. The van der Waals surface area contributed by atoms with Crippen molar-refractivity contribution in [2.75, 3.05) is 0 Å². The fraction of sp³-hybridized carbons (Fsp3) is 0.250. The van der Waals surface area contributed by atoms with Gasteiger partial charge in [0.15, 0.2) is 0 Å². The van der Waals surface area contributed by atoms with E-state index in [9.17, 15) is 0 Å². The van der Waals surface area contributed by atoms with Crippen LogP contribution in [0.4, 0.5) is 0 Å². The summed E-state index contributed by atoms with van der Waals surface area (Å²) in [6.07, 6.45) is 3.86. The normalized spacial score (nSPS) is 11.9. The van der Waals surface area contributed by atoms with Gasteiger partial charge in [-0.15, -0.1) is 12.4 Å². The summed E-state index contributed by atoms with van der Waals surface area (Å²) in [4.78, 5) is 4.23. The second-order valence-corrected chi connectivity index (χ2v) is 3.47. The average molecular weight is 223 g/mol. The minimum absolute atomic E-state index is 0. The van der Waals surface area contributed by atoms with Gasteiger partial charge < -0.3 is 4.57 Å². The molecular formula is C12H15ClN2. The zero-order chi connectivity index (χ0) is 9.97. The molecule has 3 heteroatoms. The van der Waals surface area contributed by atoms with E-state index in [0.29, 0.717) is 6.04 Å². The van der Waals surface area contributed by atoms with Crippen LogP contribution in [-0.2, 0) is 0 Å². The molecule has 80 valence electrons. The molecular weight excluding hydrogens is 208 g/mol. The Bertz CT molecular complexity index is 409. The molecule has 2 nitrogen and oxygen atoms in total. The predicted molar refractivity (Wildman–Crippen MR) is 64.5 cm³/mol. The van der Waals surface area contributed by atoms with Crippen molar-refractivity contribution in [2.45, 2.75) is 19.9 Å². The quantitative estimate of drug-likeness (QED) is 0.763. The highest BCUT2D eigenvalue weighted by molar-refractivity contribution is 5.85. The zero-order valence-corrected chi connectivity index (χ0v) is 9.74. The van der Waals surface area contributed by atoms with E-state index in [2.05, 4.69) is 40.7 Å². The van der Waals surface area contributed by atoms with Crippen molar-refractivity contribution in [1.82, 2.24) is 9.55 Å². The molecule has 15 heavy (non-hydrogen) atoms. The van der Waals surface area contributed by atoms with Crippen LogP contribution in [0.3, 0.4) is 0 Å². The van der Waals surface area contributed by atoms with Crippen LogP contribution >= 0.6 is 12.4 Å². The molecule has 0 spiro atoms. The Labute approximate surface area is 96.4 Å². The van der Waals surface area contributed by atoms with Gasteiger partial charge in [-0.3, -0.25) is 0 Å². The van der Waals surface area contributed by atoms with E-state index in [0.717, 1.165) is 5.82 Å². The summed E-state index contributed by atoms with van der Waals surface area (Å²) in [6, 6.07) is 10.8. The molecule has 0 aliphatic rings. The number of hydrogen-bond donors (Lipinski definition) is 0. The Kier molecular flexibility index (Phi) is 3.92. The summed E-state index contributed by atoms with van der Waals surface area (Å²) in [5.74, 6) is 1.06. The van der Waals surface area contributed by atoms with Crippen LogP contribution in [0.25, 0.3) is 0 Å². The number of rotatable bonds is 2. The van der Waals surface area contributed by atoms with Crippen molar-refractivity contribution in [3.05, 3.63) is 54.1 Å². The lowest BCUT2D eigenvalue weighted by atomic mass is 10.1. The maximum atomic E-state index is 4.23. The number of nitrogens with zero attached hydrogens (tertiary/aromatic N) is 2. The molecule has 0 amide bonds. The third-order valence-corrected chi connectivity index (χ3v) is 2.56. The van der Waals surface area contributed by atoms with E-state index < -0.39 is 0 Å². The van der Waals surface area contributed by atoms with Gasteiger partial charge in [-0.1, -0.05) is 30.3 Å². The van der Waals surface area contributed by atoms with Crippen LogP contribution in [0.2, 0.25) is 0 Å². The number of aryl methyl sites for hydroxylation is 1. The highest BCUT2D eigenvalue weighted by Crippen LogP contribution is 2.18. The molecule has 0 saturated carbocycles. The van der Waals surface area contributed by atoms with Crippen LogP contribution < -0.4 is 0 Å². The Balaban J connectivity index is 0.00000112. The van der Waals surface area contributed by atoms with Crippen molar-refractivity contribution in [2.24, 2.45) is 0 Å². The maximum absolute atomic E-state index is 4.23. The van der Waals surface area contributed by atoms with Crippen LogP contribution in [-0.4, -0.2) is 9.55 Å². The molecule has 0 aliphatic carbocycles. The Morgan fingerprint density at radius 2 is 1.87 bits per heavy atom. The lowest BCUT2D eigenvalue weighted by Gasteiger charge is -2.15. The van der Waals surface area contributed by atoms with Crippen LogP contribution in [0.5, 0.6) is 0 Å². The van der Waals surface area contributed by atoms with Gasteiger partial charge in [-0.2, -0.15) is 0 Å². The van der Waals surface area contributed by atoms with Gasteiger partial charge in [0.1, 0.15) is 5.82 Å². The molecule has 0 aliphatic heterocycles. The van der Waals surface area contributed by atoms with Gasteiger partial charge in [0.2, 0.25) is 0 Å². The van der Waals surface area contributed by atoms with E-state index in [1.54, 1.807) is 0 Å². The summed E-state index contributed by atoms with van der Waals surface area (Å²) in [5, 5.41) is 0.